The summed E-state index contributed by atoms with van der Waals surface area (Å²) in [4.78, 5) is 16.0. The van der Waals surface area contributed by atoms with Gasteiger partial charge in [0.15, 0.2) is 0 Å². The molecule has 5 nitrogen and oxygen atoms in total. The number of nitrogens with two attached hydrogens (primary N) is 1. The molecule has 0 aliphatic rings. The Morgan fingerprint density at radius 2 is 2.24 bits per heavy atom. The van der Waals surface area contributed by atoms with E-state index in [1.807, 2.05) is 6.92 Å². The molecule has 0 fully saturated rings. The number of carbonyl (C=O) groups is 1. The third-order valence-electron chi connectivity index (χ3n) is 2.43. The zero-order valence-electron chi connectivity index (χ0n) is 9.65. The van der Waals surface area contributed by atoms with E-state index in [-0.39, 0.29) is 5.91 Å². The number of hydrogen-bond acceptors (Lipinski definition) is 4. The molecule has 3 N–H and O–H groups in total. The highest BCUT2D eigenvalue weighted by Gasteiger charge is 2.13. The molecular weight excluding hydrogens is 218 g/mol. The molecular formula is C12H13N3O2. The normalized spacial score (nSPS) is 10.2. The topological polar surface area (TPSA) is 81.1 Å². The van der Waals surface area contributed by atoms with E-state index in [1.165, 1.54) is 12.5 Å². The van der Waals surface area contributed by atoms with Gasteiger partial charge in [0.1, 0.15) is 11.6 Å². The van der Waals surface area contributed by atoms with Crippen LogP contribution in [0, 0.1) is 13.8 Å². The summed E-state index contributed by atoms with van der Waals surface area (Å²) in [6, 6.07) is 3.38. The Labute approximate surface area is 98.6 Å². The third-order valence-corrected chi connectivity index (χ3v) is 2.43. The number of pyridine rings is 1. The number of anilines is 2. The van der Waals surface area contributed by atoms with Crippen LogP contribution in [0.15, 0.2) is 29.0 Å². The summed E-state index contributed by atoms with van der Waals surface area (Å²) in [7, 11) is 0. The van der Waals surface area contributed by atoms with Crippen molar-refractivity contribution in [3.8, 4) is 0 Å². The monoisotopic (exact) mass is 231 g/mol. The SMILES string of the molecule is Cc1cc(N)cnc1NC(=O)c1ccoc1C. The van der Waals surface area contributed by atoms with E-state index in [0.717, 1.165) is 5.56 Å². The van der Waals surface area contributed by atoms with Gasteiger partial charge in [-0.15, -0.1) is 0 Å². The maximum atomic E-state index is 11.9. The van der Waals surface area contributed by atoms with Gasteiger partial charge >= 0.3 is 0 Å². The summed E-state index contributed by atoms with van der Waals surface area (Å²) in [6.45, 7) is 3.57. The van der Waals surface area contributed by atoms with Crippen molar-refractivity contribution in [1.82, 2.24) is 4.98 Å². The van der Waals surface area contributed by atoms with E-state index >= 15 is 0 Å². The molecule has 0 saturated carbocycles. The summed E-state index contributed by atoms with van der Waals surface area (Å²) in [5.41, 5.74) is 7.48. The summed E-state index contributed by atoms with van der Waals surface area (Å²) in [5.74, 6) is 0.844. The van der Waals surface area contributed by atoms with Crippen LogP contribution in [0.1, 0.15) is 21.7 Å². The lowest BCUT2D eigenvalue weighted by atomic mass is 10.2. The molecule has 0 radical (unpaired) electrons. The molecule has 2 aromatic rings. The first-order valence-electron chi connectivity index (χ1n) is 5.15. The molecule has 0 aliphatic carbocycles. The number of nitrogens with one attached hydrogen (secondary N) is 1. The highest BCUT2D eigenvalue weighted by atomic mass is 16.3. The van der Waals surface area contributed by atoms with Gasteiger partial charge in [0.05, 0.1) is 23.7 Å². The zero-order chi connectivity index (χ0) is 12.4. The molecule has 5 heteroatoms. The zero-order valence-corrected chi connectivity index (χ0v) is 9.65. The predicted octanol–water partition coefficient (Wildman–Crippen LogP) is 2.13. The van der Waals surface area contributed by atoms with Crippen LogP contribution in [0.3, 0.4) is 0 Å². The third kappa shape index (κ3) is 2.28. The second-order valence-corrected chi connectivity index (χ2v) is 3.78. The van der Waals surface area contributed by atoms with Crippen molar-refractivity contribution < 1.29 is 9.21 Å². The minimum Gasteiger partial charge on any atom is -0.469 e. The Kier molecular flexibility index (Phi) is 2.82. The van der Waals surface area contributed by atoms with Crippen molar-refractivity contribution in [2.24, 2.45) is 0 Å². The van der Waals surface area contributed by atoms with E-state index < -0.39 is 0 Å². The lowest BCUT2D eigenvalue weighted by molar-refractivity contribution is 0.102. The van der Waals surface area contributed by atoms with E-state index in [1.54, 1.807) is 19.1 Å². The lowest BCUT2D eigenvalue weighted by Gasteiger charge is -2.07. The summed E-state index contributed by atoms with van der Waals surface area (Å²) < 4.78 is 5.07. The number of nitrogen functional groups attached to an aromatic ring is 1. The molecule has 2 aromatic heterocycles. The minimum absolute atomic E-state index is 0.239. The Balaban J connectivity index is 2.22. The van der Waals surface area contributed by atoms with Gasteiger partial charge in [0.25, 0.3) is 5.91 Å². The molecule has 0 atom stereocenters. The largest absolute Gasteiger partial charge is 0.469 e. The first-order valence-corrected chi connectivity index (χ1v) is 5.15. The van der Waals surface area contributed by atoms with Crippen molar-refractivity contribution >= 4 is 17.4 Å². The van der Waals surface area contributed by atoms with Gasteiger partial charge in [-0.2, -0.15) is 0 Å². The fourth-order valence-corrected chi connectivity index (χ4v) is 1.52. The van der Waals surface area contributed by atoms with Crippen LogP contribution in [0.5, 0.6) is 0 Å². The highest BCUT2D eigenvalue weighted by molar-refractivity contribution is 6.04. The van der Waals surface area contributed by atoms with Gasteiger partial charge in [-0.05, 0) is 31.5 Å². The number of rotatable bonds is 2. The Bertz CT molecular complexity index is 561. The van der Waals surface area contributed by atoms with E-state index in [2.05, 4.69) is 10.3 Å². The summed E-state index contributed by atoms with van der Waals surface area (Å²) in [6.07, 6.45) is 2.98. The summed E-state index contributed by atoms with van der Waals surface area (Å²) in [5, 5.41) is 2.72. The molecule has 0 aliphatic heterocycles. The fourth-order valence-electron chi connectivity index (χ4n) is 1.52. The van der Waals surface area contributed by atoms with Gasteiger partial charge in [0.2, 0.25) is 0 Å². The Morgan fingerprint density at radius 1 is 1.47 bits per heavy atom. The van der Waals surface area contributed by atoms with E-state index in [9.17, 15) is 4.79 Å². The van der Waals surface area contributed by atoms with E-state index in [4.69, 9.17) is 10.2 Å². The average Bonchev–Trinajstić information content (AvgIpc) is 2.68. The van der Waals surface area contributed by atoms with Gasteiger partial charge in [-0.25, -0.2) is 4.98 Å². The van der Waals surface area contributed by atoms with Gasteiger partial charge in [-0.1, -0.05) is 0 Å². The molecule has 2 rings (SSSR count). The molecule has 2 heterocycles. The van der Waals surface area contributed by atoms with Crippen LogP contribution >= 0.6 is 0 Å². The fraction of sp³-hybridized carbons (Fsp3) is 0.167. The van der Waals surface area contributed by atoms with Gasteiger partial charge in [0, 0.05) is 0 Å². The van der Waals surface area contributed by atoms with Crippen LogP contribution in [0.2, 0.25) is 0 Å². The number of furan rings is 1. The molecule has 0 unspecified atom stereocenters. The second kappa shape index (κ2) is 4.29. The number of nitrogens with zero attached hydrogens (tertiary/aromatic N) is 1. The number of amides is 1. The number of hydrogen-bond donors (Lipinski definition) is 2. The number of aromatic nitrogens is 1. The van der Waals surface area contributed by atoms with Crippen LogP contribution < -0.4 is 11.1 Å². The van der Waals surface area contributed by atoms with Crippen molar-refractivity contribution in [2.75, 3.05) is 11.1 Å². The van der Waals surface area contributed by atoms with Gasteiger partial charge in [-0.3, -0.25) is 4.79 Å². The second-order valence-electron chi connectivity index (χ2n) is 3.78. The highest BCUT2D eigenvalue weighted by Crippen LogP contribution is 2.16. The molecule has 88 valence electrons. The molecule has 17 heavy (non-hydrogen) atoms. The quantitative estimate of drug-likeness (QED) is 0.829. The molecule has 0 saturated heterocycles. The van der Waals surface area contributed by atoms with Crippen LogP contribution in [-0.2, 0) is 0 Å². The van der Waals surface area contributed by atoms with Crippen LogP contribution in [0.25, 0.3) is 0 Å². The summed E-state index contributed by atoms with van der Waals surface area (Å²) >= 11 is 0. The minimum atomic E-state index is -0.239. The van der Waals surface area contributed by atoms with Crippen LogP contribution in [0.4, 0.5) is 11.5 Å². The number of aryl methyl sites for hydroxylation is 2. The van der Waals surface area contributed by atoms with E-state index in [0.29, 0.717) is 22.8 Å². The molecule has 0 bridgehead atoms. The average molecular weight is 231 g/mol. The molecule has 0 aromatic carbocycles. The standard InChI is InChI=1S/C12H13N3O2/c1-7-5-9(13)6-14-11(7)15-12(16)10-3-4-17-8(10)2/h3-6H,13H2,1-2H3,(H,14,15,16). The van der Waals surface area contributed by atoms with Gasteiger partial charge < -0.3 is 15.5 Å². The molecule has 0 spiro atoms. The first-order chi connectivity index (χ1) is 8.08. The Hall–Kier alpha value is -2.30. The lowest BCUT2D eigenvalue weighted by Crippen LogP contribution is -2.14. The maximum absolute atomic E-state index is 11.9. The maximum Gasteiger partial charge on any atom is 0.260 e. The van der Waals surface area contributed by atoms with Crippen molar-refractivity contribution in [1.29, 1.82) is 0 Å². The van der Waals surface area contributed by atoms with Crippen molar-refractivity contribution in [3.05, 3.63) is 41.5 Å². The predicted molar refractivity (Wildman–Crippen MR) is 64.8 cm³/mol. The van der Waals surface area contributed by atoms with Crippen LogP contribution in [-0.4, -0.2) is 10.9 Å². The smallest absolute Gasteiger partial charge is 0.260 e. The van der Waals surface area contributed by atoms with Crippen molar-refractivity contribution in [2.45, 2.75) is 13.8 Å². The number of carbonyl (C=O) groups excluding carboxylic acids is 1. The first kappa shape index (κ1) is 11.2. The Morgan fingerprint density at radius 3 is 2.82 bits per heavy atom. The molecule has 1 amide bonds. The van der Waals surface area contributed by atoms with Crippen molar-refractivity contribution in [3.63, 3.8) is 0 Å².